The molecular weight excluding hydrogens is 479 g/mol. The van der Waals surface area contributed by atoms with Crippen molar-refractivity contribution in [3.63, 3.8) is 0 Å². The second-order valence-corrected chi connectivity index (χ2v) is 7.72. The number of guanidine groups is 1. The van der Waals surface area contributed by atoms with Crippen LogP contribution in [0.5, 0.6) is 5.75 Å². The molecule has 1 aromatic carbocycles. The number of carbonyl (C=O) groups is 1. The van der Waals surface area contributed by atoms with Crippen LogP contribution in [0.15, 0.2) is 29.3 Å². The van der Waals surface area contributed by atoms with Crippen molar-refractivity contribution in [2.75, 3.05) is 34.3 Å². The lowest BCUT2D eigenvalue weighted by molar-refractivity contribution is -0.130. The molecule has 6 nitrogen and oxygen atoms in total. The van der Waals surface area contributed by atoms with E-state index < -0.39 is 0 Å². The summed E-state index contributed by atoms with van der Waals surface area (Å²) < 4.78 is 5.57. The van der Waals surface area contributed by atoms with Crippen LogP contribution in [0, 0.1) is 5.92 Å². The van der Waals surface area contributed by atoms with Crippen LogP contribution in [0.1, 0.15) is 50.5 Å². The van der Waals surface area contributed by atoms with Crippen molar-refractivity contribution >= 4 is 35.8 Å². The summed E-state index contributed by atoms with van der Waals surface area (Å²) in [5, 5.41) is 6.73. The molecular formula is C22H37IN4O2. The predicted molar refractivity (Wildman–Crippen MR) is 130 cm³/mol. The summed E-state index contributed by atoms with van der Waals surface area (Å²) in [6, 6.07) is 7.78. The van der Waals surface area contributed by atoms with Gasteiger partial charge in [0.05, 0.1) is 0 Å². The molecule has 1 aliphatic rings. The number of hydrogen-bond acceptors (Lipinski definition) is 3. The number of ether oxygens (including phenoxy) is 1. The van der Waals surface area contributed by atoms with Crippen LogP contribution in [-0.4, -0.2) is 51.1 Å². The first kappa shape index (κ1) is 25.5. The second-order valence-electron chi connectivity index (χ2n) is 7.72. The van der Waals surface area contributed by atoms with Crippen molar-refractivity contribution in [1.29, 1.82) is 0 Å². The number of carbonyl (C=O) groups excluding carboxylic acids is 1. The van der Waals surface area contributed by atoms with E-state index in [1.807, 2.05) is 24.3 Å². The summed E-state index contributed by atoms with van der Waals surface area (Å²) in [6.07, 6.45) is 9.57. The van der Waals surface area contributed by atoms with Gasteiger partial charge in [0, 0.05) is 34.2 Å². The molecule has 0 radical (unpaired) electrons. The molecule has 2 rings (SSSR count). The maximum Gasteiger partial charge on any atom is 0.259 e. The Bertz CT molecular complexity index is 631. The minimum Gasteiger partial charge on any atom is -0.484 e. The zero-order valence-electron chi connectivity index (χ0n) is 18.1. The molecule has 7 heteroatoms. The lowest BCUT2D eigenvalue weighted by atomic mass is 10.0. The number of unbranched alkanes of at least 4 members (excludes halogenated alkanes) is 1. The van der Waals surface area contributed by atoms with Crippen LogP contribution in [0.4, 0.5) is 0 Å². The van der Waals surface area contributed by atoms with E-state index in [2.05, 4.69) is 15.6 Å². The Morgan fingerprint density at radius 1 is 1.21 bits per heavy atom. The third-order valence-corrected chi connectivity index (χ3v) is 5.25. The summed E-state index contributed by atoms with van der Waals surface area (Å²) >= 11 is 0. The first-order valence-electron chi connectivity index (χ1n) is 10.4. The smallest absolute Gasteiger partial charge is 0.259 e. The molecule has 0 spiro atoms. The van der Waals surface area contributed by atoms with Crippen LogP contribution >= 0.6 is 24.0 Å². The molecule has 2 N–H and O–H groups in total. The molecule has 0 unspecified atom stereocenters. The average Bonchev–Trinajstić information content (AvgIpc) is 3.22. The number of halogens is 1. The summed E-state index contributed by atoms with van der Waals surface area (Å²) in [5.74, 6) is 2.43. The van der Waals surface area contributed by atoms with Gasteiger partial charge < -0.3 is 20.3 Å². The van der Waals surface area contributed by atoms with Gasteiger partial charge >= 0.3 is 0 Å². The van der Waals surface area contributed by atoms with Crippen molar-refractivity contribution in [3.05, 3.63) is 29.8 Å². The SMILES string of the molecule is CN=C(NCCCCC1CCCC1)NCc1cccc(OCC(=O)N(C)C)c1.I. The Labute approximate surface area is 192 Å². The molecule has 0 aromatic heterocycles. The van der Waals surface area contributed by atoms with Crippen molar-refractivity contribution in [2.24, 2.45) is 10.9 Å². The monoisotopic (exact) mass is 516 g/mol. The molecule has 1 aliphatic carbocycles. The quantitative estimate of drug-likeness (QED) is 0.215. The molecule has 0 aliphatic heterocycles. The van der Waals surface area contributed by atoms with Gasteiger partial charge in [-0.15, -0.1) is 24.0 Å². The molecule has 29 heavy (non-hydrogen) atoms. The Morgan fingerprint density at radius 3 is 2.66 bits per heavy atom. The molecule has 164 valence electrons. The molecule has 0 saturated heterocycles. The van der Waals surface area contributed by atoms with Gasteiger partial charge in [0.2, 0.25) is 0 Å². The number of rotatable bonds is 10. The number of nitrogens with zero attached hydrogens (tertiary/aromatic N) is 2. The zero-order chi connectivity index (χ0) is 20.2. The number of likely N-dealkylation sites (N-methyl/N-ethyl adjacent to an activating group) is 1. The van der Waals surface area contributed by atoms with Crippen molar-refractivity contribution in [1.82, 2.24) is 15.5 Å². The van der Waals surface area contributed by atoms with E-state index in [1.54, 1.807) is 21.1 Å². The van der Waals surface area contributed by atoms with Gasteiger partial charge in [-0.3, -0.25) is 9.79 Å². The topological polar surface area (TPSA) is 66.0 Å². The highest BCUT2D eigenvalue weighted by molar-refractivity contribution is 14.0. The van der Waals surface area contributed by atoms with Gasteiger partial charge in [0.1, 0.15) is 5.75 Å². The van der Waals surface area contributed by atoms with Crippen LogP contribution < -0.4 is 15.4 Å². The second kappa shape index (κ2) is 14.5. The maximum absolute atomic E-state index is 11.6. The van der Waals surface area contributed by atoms with E-state index in [4.69, 9.17) is 4.74 Å². The third kappa shape index (κ3) is 10.2. The van der Waals surface area contributed by atoms with E-state index in [1.165, 1.54) is 49.8 Å². The number of aliphatic imine (C=N–C) groups is 1. The summed E-state index contributed by atoms with van der Waals surface area (Å²) in [6.45, 7) is 1.65. The number of amides is 1. The van der Waals surface area contributed by atoms with Crippen molar-refractivity contribution in [3.8, 4) is 5.75 Å². The molecule has 0 heterocycles. The normalized spacial score (nSPS) is 14.2. The third-order valence-electron chi connectivity index (χ3n) is 5.25. The highest BCUT2D eigenvalue weighted by atomic mass is 127. The summed E-state index contributed by atoms with van der Waals surface area (Å²) in [4.78, 5) is 17.5. The molecule has 1 fully saturated rings. The lowest BCUT2D eigenvalue weighted by Crippen LogP contribution is -2.37. The van der Waals surface area contributed by atoms with E-state index in [0.717, 1.165) is 24.0 Å². The van der Waals surface area contributed by atoms with Gasteiger partial charge in [-0.1, -0.05) is 50.7 Å². The standard InChI is InChI=1S/C22H36N4O2.HI/c1-23-22(24-14-7-6-11-18-9-4-5-10-18)25-16-19-12-8-13-20(15-19)28-17-21(27)26(2)3;/h8,12-13,15,18H,4-7,9-11,14,16-17H2,1-3H3,(H2,23,24,25);1H. The predicted octanol–water partition coefficient (Wildman–Crippen LogP) is 3.80. The fraction of sp³-hybridized carbons (Fsp3) is 0.636. The summed E-state index contributed by atoms with van der Waals surface area (Å²) in [7, 11) is 5.24. The Kier molecular flexibility index (Phi) is 12.7. The minimum absolute atomic E-state index is 0. The number of benzene rings is 1. The van der Waals surface area contributed by atoms with E-state index in [9.17, 15) is 4.79 Å². The minimum atomic E-state index is -0.0546. The van der Waals surface area contributed by atoms with Gasteiger partial charge in [-0.05, 0) is 30.0 Å². The fourth-order valence-corrected chi connectivity index (χ4v) is 3.49. The molecule has 1 aromatic rings. The highest BCUT2D eigenvalue weighted by Crippen LogP contribution is 2.28. The number of nitrogens with one attached hydrogen (secondary N) is 2. The van der Waals surface area contributed by atoms with E-state index in [0.29, 0.717) is 12.3 Å². The number of hydrogen-bond donors (Lipinski definition) is 2. The molecule has 0 atom stereocenters. The fourth-order valence-electron chi connectivity index (χ4n) is 3.49. The van der Waals surface area contributed by atoms with Gasteiger partial charge in [-0.25, -0.2) is 0 Å². The average molecular weight is 516 g/mol. The van der Waals surface area contributed by atoms with Crippen LogP contribution in [0.25, 0.3) is 0 Å². The summed E-state index contributed by atoms with van der Waals surface area (Å²) in [5.41, 5.74) is 1.08. The van der Waals surface area contributed by atoms with E-state index in [-0.39, 0.29) is 36.5 Å². The lowest BCUT2D eigenvalue weighted by Gasteiger charge is -2.14. The maximum atomic E-state index is 11.6. The van der Waals surface area contributed by atoms with Gasteiger partial charge in [0.15, 0.2) is 12.6 Å². The molecule has 1 amide bonds. The van der Waals surface area contributed by atoms with Crippen molar-refractivity contribution in [2.45, 2.75) is 51.5 Å². The van der Waals surface area contributed by atoms with Crippen LogP contribution in [0.3, 0.4) is 0 Å². The first-order valence-corrected chi connectivity index (χ1v) is 10.4. The highest BCUT2D eigenvalue weighted by Gasteiger charge is 2.13. The van der Waals surface area contributed by atoms with Gasteiger partial charge in [0.25, 0.3) is 5.91 Å². The Morgan fingerprint density at radius 2 is 1.97 bits per heavy atom. The Hall–Kier alpha value is -1.51. The largest absolute Gasteiger partial charge is 0.484 e. The van der Waals surface area contributed by atoms with Crippen LogP contribution in [0.2, 0.25) is 0 Å². The van der Waals surface area contributed by atoms with Crippen LogP contribution in [-0.2, 0) is 11.3 Å². The Balaban J connectivity index is 0.00000420. The van der Waals surface area contributed by atoms with Crippen molar-refractivity contribution < 1.29 is 9.53 Å². The zero-order valence-corrected chi connectivity index (χ0v) is 20.4. The first-order chi connectivity index (χ1) is 13.6. The molecule has 0 bridgehead atoms. The van der Waals surface area contributed by atoms with Gasteiger partial charge in [-0.2, -0.15) is 0 Å². The molecule has 1 saturated carbocycles. The van der Waals surface area contributed by atoms with E-state index >= 15 is 0 Å².